The molecule has 0 aliphatic heterocycles. The molecule has 0 aromatic carbocycles. The van der Waals surface area contributed by atoms with E-state index in [-0.39, 0.29) is 24.5 Å². The van der Waals surface area contributed by atoms with E-state index < -0.39 is 0 Å². The van der Waals surface area contributed by atoms with Crippen molar-refractivity contribution in [3.63, 3.8) is 0 Å². The number of hydrogen-bond donors (Lipinski definition) is 2. The molecule has 0 bridgehead atoms. The third-order valence-corrected chi connectivity index (χ3v) is 1.86. The smallest absolute Gasteiger partial charge is 0.237 e. The normalized spacial score (nSPS) is 14.0. The molecule has 2 unspecified atom stereocenters. The van der Waals surface area contributed by atoms with Crippen molar-refractivity contribution in [2.45, 2.75) is 32.9 Å². The van der Waals surface area contributed by atoms with Gasteiger partial charge in [0, 0.05) is 12.6 Å². The van der Waals surface area contributed by atoms with Crippen molar-refractivity contribution in [2.75, 3.05) is 19.8 Å². The van der Waals surface area contributed by atoms with Crippen LogP contribution in [0.1, 0.15) is 20.8 Å². The molecule has 0 aromatic heterocycles. The van der Waals surface area contributed by atoms with Crippen molar-refractivity contribution in [3.8, 4) is 12.3 Å². The van der Waals surface area contributed by atoms with Crippen LogP contribution in [0.4, 0.5) is 0 Å². The summed E-state index contributed by atoms with van der Waals surface area (Å²) in [4.78, 5) is 11.4. The van der Waals surface area contributed by atoms with Gasteiger partial charge in [0.2, 0.25) is 5.91 Å². The molecule has 0 rings (SSSR count). The first-order valence-electron chi connectivity index (χ1n) is 5.16. The standard InChI is InChI=1S/C11H20N2O2/c1-5-7-12-11(14)10(4)13-9(3)8-15-6-2/h1,9-10,13H,6-8H2,2-4H3,(H,12,14). The second-order valence-electron chi connectivity index (χ2n) is 3.37. The number of hydrogen-bond acceptors (Lipinski definition) is 3. The number of amides is 1. The second kappa shape index (κ2) is 8.27. The molecule has 0 fully saturated rings. The largest absolute Gasteiger partial charge is 0.380 e. The Labute approximate surface area is 91.8 Å². The molecule has 0 saturated carbocycles. The van der Waals surface area contributed by atoms with Crippen LogP contribution in [0.2, 0.25) is 0 Å². The summed E-state index contributed by atoms with van der Waals surface area (Å²) in [5.74, 6) is 2.27. The number of terminal acetylenes is 1. The fourth-order valence-corrected chi connectivity index (χ4v) is 1.14. The van der Waals surface area contributed by atoms with E-state index in [4.69, 9.17) is 11.2 Å². The highest BCUT2D eigenvalue weighted by atomic mass is 16.5. The molecule has 4 nitrogen and oxygen atoms in total. The zero-order chi connectivity index (χ0) is 11.7. The van der Waals surface area contributed by atoms with Crippen molar-refractivity contribution < 1.29 is 9.53 Å². The van der Waals surface area contributed by atoms with Crippen LogP contribution in [-0.4, -0.2) is 37.7 Å². The maximum absolute atomic E-state index is 11.4. The van der Waals surface area contributed by atoms with Gasteiger partial charge in [-0.25, -0.2) is 0 Å². The average Bonchev–Trinajstić information content (AvgIpc) is 2.22. The molecule has 0 spiro atoms. The van der Waals surface area contributed by atoms with Gasteiger partial charge in [-0.3, -0.25) is 4.79 Å². The van der Waals surface area contributed by atoms with Gasteiger partial charge in [-0.05, 0) is 20.8 Å². The topological polar surface area (TPSA) is 50.4 Å². The van der Waals surface area contributed by atoms with Gasteiger partial charge in [0.05, 0.1) is 19.2 Å². The van der Waals surface area contributed by atoms with Gasteiger partial charge in [0.15, 0.2) is 0 Å². The van der Waals surface area contributed by atoms with Crippen molar-refractivity contribution in [1.82, 2.24) is 10.6 Å². The van der Waals surface area contributed by atoms with Crippen LogP contribution in [0.3, 0.4) is 0 Å². The first kappa shape index (κ1) is 13.9. The molecule has 4 heteroatoms. The Bertz CT molecular complexity index is 223. The Hall–Kier alpha value is -1.05. The van der Waals surface area contributed by atoms with Crippen molar-refractivity contribution in [3.05, 3.63) is 0 Å². The first-order valence-corrected chi connectivity index (χ1v) is 5.16. The van der Waals surface area contributed by atoms with E-state index in [1.807, 2.05) is 13.8 Å². The maximum Gasteiger partial charge on any atom is 0.237 e. The molecule has 2 N–H and O–H groups in total. The lowest BCUT2D eigenvalue weighted by molar-refractivity contribution is -0.122. The predicted octanol–water partition coefficient (Wildman–Crippen LogP) is 0.139. The second-order valence-corrected chi connectivity index (χ2v) is 3.37. The van der Waals surface area contributed by atoms with Gasteiger partial charge in [0.1, 0.15) is 0 Å². The Morgan fingerprint density at radius 1 is 1.53 bits per heavy atom. The van der Waals surface area contributed by atoms with Gasteiger partial charge in [0.25, 0.3) is 0 Å². The summed E-state index contributed by atoms with van der Waals surface area (Å²) in [5.41, 5.74) is 0. The number of ether oxygens (including phenoxy) is 1. The van der Waals surface area contributed by atoms with Crippen LogP contribution in [0.15, 0.2) is 0 Å². The zero-order valence-electron chi connectivity index (χ0n) is 9.67. The summed E-state index contributed by atoms with van der Waals surface area (Å²) in [5, 5.41) is 5.73. The summed E-state index contributed by atoms with van der Waals surface area (Å²) < 4.78 is 5.23. The molecule has 0 aliphatic carbocycles. The molecule has 0 aliphatic rings. The van der Waals surface area contributed by atoms with E-state index in [1.54, 1.807) is 6.92 Å². The molecule has 15 heavy (non-hydrogen) atoms. The van der Waals surface area contributed by atoms with Crippen molar-refractivity contribution >= 4 is 5.91 Å². The molecule has 0 saturated heterocycles. The summed E-state index contributed by atoms with van der Waals surface area (Å²) in [6.45, 7) is 7.27. The molecule has 2 atom stereocenters. The number of carbonyl (C=O) groups excluding carboxylic acids is 1. The molecule has 0 heterocycles. The molecule has 1 amide bonds. The fourth-order valence-electron chi connectivity index (χ4n) is 1.14. The Kier molecular flexibility index (Phi) is 7.69. The highest BCUT2D eigenvalue weighted by Crippen LogP contribution is 1.89. The van der Waals surface area contributed by atoms with Gasteiger partial charge < -0.3 is 15.4 Å². The third kappa shape index (κ3) is 6.95. The van der Waals surface area contributed by atoms with Crippen molar-refractivity contribution in [1.29, 1.82) is 0 Å². The van der Waals surface area contributed by atoms with Crippen LogP contribution >= 0.6 is 0 Å². The van der Waals surface area contributed by atoms with Crippen LogP contribution in [0, 0.1) is 12.3 Å². The van der Waals surface area contributed by atoms with Crippen LogP contribution in [-0.2, 0) is 9.53 Å². The highest BCUT2D eigenvalue weighted by Gasteiger charge is 2.14. The summed E-state index contributed by atoms with van der Waals surface area (Å²) >= 11 is 0. The average molecular weight is 212 g/mol. The SMILES string of the molecule is C#CCNC(=O)C(C)NC(C)COCC. The van der Waals surface area contributed by atoms with Gasteiger partial charge in [-0.1, -0.05) is 5.92 Å². The summed E-state index contributed by atoms with van der Waals surface area (Å²) in [7, 11) is 0. The number of rotatable bonds is 7. The zero-order valence-corrected chi connectivity index (χ0v) is 9.67. The van der Waals surface area contributed by atoms with E-state index in [0.29, 0.717) is 13.2 Å². The van der Waals surface area contributed by atoms with E-state index in [2.05, 4.69) is 16.6 Å². The number of carbonyl (C=O) groups is 1. The Balaban J connectivity index is 3.75. The van der Waals surface area contributed by atoms with E-state index >= 15 is 0 Å². The molecule has 86 valence electrons. The molecular weight excluding hydrogens is 192 g/mol. The number of nitrogens with one attached hydrogen (secondary N) is 2. The fraction of sp³-hybridized carbons (Fsp3) is 0.727. The lowest BCUT2D eigenvalue weighted by atomic mass is 10.2. The Morgan fingerprint density at radius 3 is 2.73 bits per heavy atom. The quantitative estimate of drug-likeness (QED) is 0.590. The van der Waals surface area contributed by atoms with Crippen molar-refractivity contribution in [2.24, 2.45) is 0 Å². The minimum atomic E-state index is -0.256. The highest BCUT2D eigenvalue weighted by molar-refractivity contribution is 5.81. The lowest BCUT2D eigenvalue weighted by Crippen LogP contribution is -2.47. The van der Waals surface area contributed by atoms with Crippen LogP contribution < -0.4 is 10.6 Å². The molecule has 0 radical (unpaired) electrons. The van der Waals surface area contributed by atoms with Crippen LogP contribution in [0.5, 0.6) is 0 Å². The first-order chi connectivity index (χ1) is 7.11. The maximum atomic E-state index is 11.4. The molecule has 0 aromatic rings. The minimum absolute atomic E-state index is 0.0868. The van der Waals surface area contributed by atoms with Gasteiger partial charge >= 0.3 is 0 Å². The van der Waals surface area contributed by atoms with Crippen LogP contribution in [0.25, 0.3) is 0 Å². The monoisotopic (exact) mass is 212 g/mol. The predicted molar refractivity (Wildman–Crippen MR) is 60.4 cm³/mol. The van der Waals surface area contributed by atoms with E-state index in [0.717, 1.165) is 0 Å². The van der Waals surface area contributed by atoms with Gasteiger partial charge in [-0.2, -0.15) is 0 Å². The van der Waals surface area contributed by atoms with Gasteiger partial charge in [-0.15, -0.1) is 6.42 Å². The summed E-state index contributed by atoms with van der Waals surface area (Å²) in [6.07, 6.45) is 5.04. The summed E-state index contributed by atoms with van der Waals surface area (Å²) in [6, 6.07) is -0.106. The van der Waals surface area contributed by atoms with E-state index in [9.17, 15) is 4.79 Å². The van der Waals surface area contributed by atoms with E-state index in [1.165, 1.54) is 0 Å². The third-order valence-electron chi connectivity index (χ3n) is 1.86. The minimum Gasteiger partial charge on any atom is -0.380 e. The Morgan fingerprint density at radius 2 is 2.20 bits per heavy atom. The lowest BCUT2D eigenvalue weighted by Gasteiger charge is -2.18. The molecular formula is C11H20N2O2.